The fourth-order valence-corrected chi connectivity index (χ4v) is 2.17. The lowest BCUT2D eigenvalue weighted by Crippen LogP contribution is -2.30. The molecule has 0 aromatic heterocycles. The Balaban J connectivity index is 1.79. The Kier molecular flexibility index (Phi) is 5.52. The minimum absolute atomic E-state index is 0.0245. The minimum atomic E-state index is -0.301. The van der Waals surface area contributed by atoms with Gasteiger partial charge in [0.05, 0.1) is 0 Å². The van der Waals surface area contributed by atoms with E-state index in [1.807, 2.05) is 63.2 Å². The van der Waals surface area contributed by atoms with Crippen LogP contribution in [-0.2, 0) is 0 Å². The molecular formula is C19H22N2O2. The van der Waals surface area contributed by atoms with E-state index in [1.54, 1.807) is 0 Å². The quantitative estimate of drug-likeness (QED) is 0.820. The predicted octanol–water partition coefficient (Wildman–Crippen LogP) is 4.01. The minimum Gasteiger partial charge on any atom is -0.337 e. The van der Waals surface area contributed by atoms with E-state index >= 15 is 0 Å². The number of carbonyl (C=O) groups is 2. The number of nitrogens with one attached hydrogen (secondary N) is 2. The van der Waals surface area contributed by atoms with Crippen LogP contribution in [0.5, 0.6) is 0 Å². The van der Waals surface area contributed by atoms with E-state index in [0.717, 1.165) is 16.8 Å². The van der Waals surface area contributed by atoms with Gasteiger partial charge in [-0.3, -0.25) is 4.79 Å². The number of carbonyl (C=O) groups excluding carboxylic acids is 2. The SMILES string of the molecule is Cc1ccc(C(=O)CCNC(=O)Nc2ccc(C)c(C)c2)cc1. The molecule has 2 aromatic carbocycles. The topological polar surface area (TPSA) is 58.2 Å². The highest BCUT2D eigenvalue weighted by molar-refractivity contribution is 5.96. The average Bonchev–Trinajstić information content (AvgIpc) is 2.51. The van der Waals surface area contributed by atoms with Crippen LogP contribution in [0.4, 0.5) is 10.5 Å². The van der Waals surface area contributed by atoms with Crippen LogP contribution in [0.2, 0.25) is 0 Å². The lowest BCUT2D eigenvalue weighted by Gasteiger charge is -2.09. The molecule has 120 valence electrons. The summed E-state index contributed by atoms with van der Waals surface area (Å²) in [6.07, 6.45) is 0.281. The number of benzene rings is 2. The van der Waals surface area contributed by atoms with Crippen molar-refractivity contribution in [1.29, 1.82) is 0 Å². The maximum atomic E-state index is 12.0. The van der Waals surface area contributed by atoms with Crippen molar-refractivity contribution >= 4 is 17.5 Å². The van der Waals surface area contributed by atoms with Crippen molar-refractivity contribution in [2.75, 3.05) is 11.9 Å². The molecule has 2 rings (SSSR count). The van der Waals surface area contributed by atoms with Crippen molar-refractivity contribution in [3.63, 3.8) is 0 Å². The fraction of sp³-hybridized carbons (Fsp3) is 0.263. The Hall–Kier alpha value is -2.62. The van der Waals surface area contributed by atoms with Crippen LogP contribution in [0, 0.1) is 20.8 Å². The van der Waals surface area contributed by atoms with E-state index in [2.05, 4.69) is 10.6 Å². The van der Waals surface area contributed by atoms with Crippen molar-refractivity contribution in [2.24, 2.45) is 0 Å². The third-order valence-corrected chi connectivity index (χ3v) is 3.78. The normalized spacial score (nSPS) is 10.2. The fourth-order valence-electron chi connectivity index (χ4n) is 2.17. The highest BCUT2D eigenvalue weighted by atomic mass is 16.2. The lowest BCUT2D eigenvalue weighted by atomic mass is 10.1. The van der Waals surface area contributed by atoms with Gasteiger partial charge in [-0.25, -0.2) is 4.79 Å². The second-order valence-corrected chi connectivity index (χ2v) is 5.72. The Bertz CT molecular complexity index is 706. The molecule has 4 heteroatoms. The second-order valence-electron chi connectivity index (χ2n) is 5.72. The van der Waals surface area contributed by atoms with Crippen molar-refractivity contribution in [2.45, 2.75) is 27.2 Å². The molecule has 2 amide bonds. The van der Waals surface area contributed by atoms with Crippen LogP contribution in [0.1, 0.15) is 33.5 Å². The highest BCUT2D eigenvalue weighted by Gasteiger charge is 2.07. The smallest absolute Gasteiger partial charge is 0.319 e. The monoisotopic (exact) mass is 310 g/mol. The van der Waals surface area contributed by atoms with Gasteiger partial charge in [0.2, 0.25) is 0 Å². The average molecular weight is 310 g/mol. The van der Waals surface area contributed by atoms with Crippen molar-refractivity contribution < 1.29 is 9.59 Å². The lowest BCUT2D eigenvalue weighted by molar-refractivity contribution is 0.0984. The molecule has 0 bridgehead atoms. The summed E-state index contributed by atoms with van der Waals surface area (Å²) >= 11 is 0. The van der Waals surface area contributed by atoms with E-state index in [9.17, 15) is 9.59 Å². The van der Waals surface area contributed by atoms with Gasteiger partial charge in [-0.15, -0.1) is 0 Å². The number of aryl methyl sites for hydroxylation is 3. The van der Waals surface area contributed by atoms with Gasteiger partial charge in [0, 0.05) is 24.2 Å². The zero-order valence-corrected chi connectivity index (χ0v) is 13.8. The molecule has 23 heavy (non-hydrogen) atoms. The van der Waals surface area contributed by atoms with Gasteiger partial charge in [-0.1, -0.05) is 35.9 Å². The van der Waals surface area contributed by atoms with E-state index in [0.29, 0.717) is 12.1 Å². The zero-order valence-electron chi connectivity index (χ0n) is 13.8. The maximum Gasteiger partial charge on any atom is 0.319 e. The van der Waals surface area contributed by atoms with E-state index < -0.39 is 0 Å². The van der Waals surface area contributed by atoms with Gasteiger partial charge in [0.25, 0.3) is 0 Å². The summed E-state index contributed by atoms with van der Waals surface area (Å²) in [5.41, 5.74) is 4.84. The van der Waals surface area contributed by atoms with Gasteiger partial charge in [-0.05, 0) is 44.0 Å². The van der Waals surface area contributed by atoms with E-state index in [1.165, 1.54) is 5.56 Å². The number of hydrogen-bond acceptors (Lipinski definition) is 2. The summed E-state index contributed by atoms with van der Waals surface area (Å²) < 4.78 is 0. The third-order valence-electron chi connectivity index (χ3n) is 3.78. The molecule has 0 aliphatic rings. The molecule has 0 spiro atoms. The van der Waals surface area contributed by atoms with E-state index in [-0.39, 0.29) is 18.2 Å². The van der Waals surface area contributed by atoms with Crippen LogP contribution in [-0.4, -0.2) is 18.4 Å². The Labute approximate surface area is 136 Å². The Morgan fingerprint density at radius 2 is 1.61 bits per heavy atom. The molecular weight excluding hydrogens is 288 g/mol. The number of urea groups is 1. The summed E-state index contributed by atoms with van der Waals surface area (Å²) in [4.78, 5) is 23.8. The van der Waals surface area contributed by atoms with Crippen LogP contribution < -0.4 is 10.6 Å². The highest BCUT2D eigenvalue weighted by Crippen LogP contribution is 2.13. The van der Waals surface area contributed by atoms with Crippen LogP contribution in [0.25, 0.3) is 0 Å². The first-order valence-corrected chi connectivity index (χ1v) is 7.67. The maximum absolute atomic E-state index is 12.0. The molecule has 0 unspecified atom stereocenters. The molecule has 0 aliphatic heterocycles. The van der Waals surface area contributed by atoms with Crippen molar-refractivity contribution in [1.82, 2.24) is 5.32 Å². The number of hydrogen-bond donors (Lipinski definition) is 2. The van der Waals surface area contributed by atoms with Gasteiger partial charge in [0.15, 0.2) is 5.78 Å². The second kappa shape index (κ2) is 7.58. The molecule has 2 aromatic rings. The molecule has 0 saturated heterocycles. The van der Waals surface area contributed by atoms with Crippen molar-refractivity contribution in [3.8, 4) is 0 Å². The number of anilines is 1. The molecule has 0 saturated carbocycles. The molecule has 4 nitrogen and oxygen atoms in total. The van der Waals surface area contributed by atoms with Crippen molar-refractivity contribution in [3.05, 3.63) is 64.7 Å². The molecule has 0 aliphatic carbocycles. The molecule has 0 atom stereocenters. The van der Waals surface area contributed by atoms with Crippen LogP contribution >= 0.6 is 0 Å². The van der Waals surface area contributed by atoms with Gasteiger partial charge >= 0.3 is 6.03 Å². The molecule has 2 N–H and O–H groups in total. The first-order chi connectivity index (χ1) is 11.0. The predicted molar refractivity (Wildman–Crippen MR) is 93.1 cm³/mol. The summed E-state index contributed by atoms with van der Waals surface area (Å²) in [6.45, 7) is 6.31. The Morgan fingerprint density at radius 1 is 0.913 bits per heavy atom. The molecule has 0 fully saturated rings. The number of Topliss-reactive ketones (excluding diaryl/α,β-unsaturated/α-hetero) is 1. The van der Waals surface area contributed by atoms with Gasteiger partial charge in [0.1, 0.15) is 0 Å². The van der Waals surface area contributed by atoms with Gasteiger partial charge in [-0.2, -0.15) is 0 Å². The summed E-state index contributed by atoms with van der Waals surface area (Å²) in [5, 5.41) is 5.48. The first kappa shape index (κ1) is 16.7. The largest absolute Gasteiger partial charge is 0.337 e. The standard InChI is InChI=1S/C19H22N2O2/c1-13-4-7-16(8-5-13)18(22)10-11-20-19(23)21-17-9-6-14(2)15(3)12-17/h4-9,12H,10-11H2,1-3H3,(H2,20,21,23). The number of ketones is 1. The summed E-state index contributed by atoms with van der Waals surface area (Å²) in [5.74, 6) is 0.0245. The number of amides is 2. The van der Waals surface area contributed by atoms with Gasteiger partial charge < -0.3 is 10.6 Å². The Morgan fingerprint density at radius 3 is 2.26 bits per heavy atom. The zero-order chi connectivity index (χ0) is 16.8. The summed E-state index contributed by atoms with van der Waals surface area (Å²) in [7, 11) is 0. The van der Waals surface area contributed by atoms with E-state index in [4.69, 9.17) is 0 Å². The summed E-state index contributed by atoms with van der Waals surface area (Å²) in [6, 6.07) is 12.9. The van der Waals surface area contributed by atoms with Crippen LogP contribution in [0.3, 0.4) is 0 Å². The molecule has 0 radical (unpaired) electrons. The first-order valence-electron chi connectivity index (χ1n) is 7.67. The van der Waals surface area contributed by atoms with Crippen LogP contribution in [0.15, 0.2) is 42.5 Å². The third kappa shape index (κ3) is 4.95. The molecule has 0 heterocycles. The number of rotatable bonds is 5.